The van der Waals surface area contributed by atoms with E-state index in [9.17, 15) is 14.4 Å². The first-order valence-electron chi connectivity index (χ1n) is 11.8. The predicted octanol–water partition coefficient (Wildman–Crippen LogP) is 2.88. The molecule has 5 rings (SSSR count). The van der Waals surface area contributed by atoms with Crippen LogP contribution < -0.4 is 5.32 Å². The van der Waals surface area contributed by atoms with Gasteiger partial charge in [0.1, 0.15) is 5.54 Å². The maximum Gasteiger partial charge on any atom is 0.325 e. The minimum atomic E-state index is -0.810. The van der Waals surface area contributed by atoms with Gasteiger partial charge in [0.25, 0.3) is 11.8 Å². The average molecular weight is 447 g/mol. The molecule has 33 heavy (non-hydrogen) atoms. The van der Waals surface area contributed by atoms with Crippen LogP contribution in [0.25, 0.3) is 0 Å². The molecule has 7 nitrogen and oxygen atoms in total. The summed E-state index contributed by atoms with van der Waals surface area (Å²) in [5, 5.41) is 3.03. The lowest BCUT2D eigenvalue weighted by Crippen LogP contribution is -2.56. The number of amides is 4. The molecular formula is C26H30N4O3. The number of benzene rings is 2. The Hall–Kier alpha value is -3.19. The van der Waals surface area contributed by atoms with Gasteiger partial charge in [0.05, 0.1) is 6.04 Å². The number of likely N-dealkylation sites (tertiary alicyclic amines) is 2. The van der Waals surface area contributed by atoms with Gasteiger partial charge in [-0.1, -0.05) is 48.5 Å². The highest BCUT2D eigenvalue weighted by atomic mass is 16.2. The molecule has 0 aliphatic carbocycles. The van der Waals surface area contributed by atoms with Crippen LogP contribution in [0.5, 0.6) is 0 Å². The Labute approximate surface area is 194 Å². The Morgan fingerprint density at radius 1 is 0.939 bits per heavy atom. The third-order valence-corrected chi connectivity index (χ3v) is 7.22. The van der Waals surface area contributed by atoms with Crippen LogP contribution in [0.4, 0.5) is 4.79 Å². The number of hydrogen-bond donors (Lipinski definition) is 1. The predicted molar refractivity (Wildman–Crippen MR) is 124 cm³/mol. The minimum absolute atomic E-state index is 0.0451. The number of rotatable bonds is 4. The molecule has 0 unspecified atom stereocenters. The fourth-order valence-corrected chi connectivity index (χ4v) is 5.36. The lowest BCUT2D eigenvalue weighted by Gasteiger charge is -2.39. The lowest BCUT2D eigenvalue weighted by molar-refractivity contribution is -0.135. The zero-order chi connectivity index (χ0) is 22.8. The number of carbonyl (C=O) groups is 3. The summed E-state index contributed by atoms with van der Waals surface area (Å²) in [6, 6.07) is 18.9. The van der Waals surface area contributed by atoms with Gasteiger partial charge in [0.15, 0.2) is 0 Å². The summed E-state index contributed by atoms with van der Waals surface area (Å²) >= 11 is 0. The molecule has 3 heterocycles. The Bertz CT molecular complexity index is 1020. The molecule has 2 aromatic rings. The van der Waals surface area contributed by atoms with Gasteiger partial charge < -0.3 is 10.2 Å². The summed E-state index contributed by atoms with van der Waals surface area (Å²) in [5.41, 5.74) is 1.08. The summed E-state index contributed by atoms with van der Waals surface area (Å²) < 4.78 is 0. The first-order valence-corrected chi connectivity index (χ1v) is 11.8. The molecule has 0 bridgehead atoms. The molecule has 3 aliphatic rings. The van der Waals surface area contributed by atoms with Crippen molar-refractivity contribution < 1.29 is 14.4 Å². The summed E-state index contributed by atoms with van der Waals surface area (Å²) in [4.78, 5) is 44.9. The quantitative estimate of drug-likeness (QED) is 0.733. The first-order chi connectivity index (χ1) is 16.1. The largest absolute Gasteiger partial charge is 0.337 e. The SMILES string of the molecule is O=C(c1ccccc1)N1CCC[C@H](N2C(=O)NC3(CCN(Cc4ccccc4)CC3)C2=O)C1. The van der Waals surface area contributed by atoms with Gasteiger partial charge in [0, 0.05) is 38.3 Å². The van der Waals surface area contributed by atoms with Crippen LogP contribution in [-0.2, 0) is 11.3 Å². The highest BCUT2D eigenvalue weighted by Crippen LogP contribution is 2.33. The van der Waals surface area contributed by atoms with Crippen LogP contribution in [0.2, 0.25) is 0 Å². The Balaban J connectivity index is 1.24. The molecule has 3 saturated heterocycles. The number of hydrogen-bond acceptors (Lipinski definition) is 4. The maximum absolute atomic E-state index is 13.5. The molecule has 1 atom stereocenters. The second-order valence-corrected chi connectivity index (χ2v) is 9.36. The number of carbonyl (C=O) groups excluding carboxylic acids is 3. The average Bonchev–Trinajstić information content (AvgIpc) is 3.10. The van der Waals surface area contributed by atoms with Crippen molar-refractivity contribution in [2.45, 2.75) is 43.8 Å². The summed E-state index contributed by atoms with van der Waals surface area (Å²) in [6.07, 6.45) is 2.73. The van der Waals surface area contributed by atoms with Gasteiger partial charge in [0.2, 0.25) is 0 Å². The van der Waals surface area contributed by atoms with Gasteiger partial charge in [-0.25, -0.2) is 4.79 Å². The van der Waals surface area contributed by atoms with E-state index in [-0.39, 0.29) is 23.9 Å². The normalized spacial score (nSPS) is 23.1. The number of imide groups is 1. The minimum Gasteiger partial charge on any atom is -0.337 e. The van der Waals surface area contributed by atoms with Crippen molar-refractivity contribution in [1.29, 1.82) is 0 Å². The summed E-state index contributed by atoms with van der Waals surface area (Å²) in [5.74, 6) is -0.165. The van der Waals surface area contributed by atoms with Crippen LogP contribution in [0.3, 0.4) is 0 Å². The van der Waals surface area contributed by atoms with Gasteiger partial charge in [-0.05, 0) is 43.4 Å². The van der Waals surface area contributed by atoms with Crippen LogP contribution in [-0.4, -0.2) is 70.3 Å². The zero-order valence-electron chi connectivity index (χ0n) is 18.8. The van der Waals surface area contributed by atoms with Crippen LogP contribution in [0.1, 0.15) is 41.6 Å². The van der Waals surface area contributed by atoms with E-state index in [0.717, 1.165) is 32.5 Å². The van der Waals surface area contributed by atoms with E-state index in [2.05, 4.69) is 22.3 Å². The Morgan fingerprint density at radius 2 is 1.61 bits per heavy atom. The lowest BCUT2D eigenvalue weighted by atomic mass is 9.87. The third-order valence-electron chi connectivity index (χ3n) is 7.22. The van der Waals surface area contributed by atoms with Crippen molar-refractivity contribution in [3.63, 3.8) is 0 Å². The monoisotopic (exact) mass is 446 g/mol. The Morgan fingerprint density at radius 3 is 2.30 bits per heavy atom. The van der Waals surface area contributed by atoms with Gasteiger partial charge in [-0.2, -0.15) is 0 Å². The van der Waals surface area contributed by atoms with Crippen molar-refractivity contribution >= 4 is 17.8 Å². The molecule has 7 heteroatoms. The van der Waals surface area contributed by atoms with E-state index < -0.39 is 5.54 Å². The highest BCUT2D eigenvalue weighted by molar-refractivity contribution is 6.07. The molecule has 0 saturated carbocycles. The van der Waals surface area contributed by atoms with Crippen LogP contribution >= 0.6 is 0 Å². The number of piperidine rings is 2. The highest BCUT2D eigenvalue weighted by Gasteiger charge is 2.54. The van der Waals surface area contributed by atoms with Crippen molar-refractivity contribution in [3.8, 4) is 0 Å². The molecule has 3 aliphatic heterocycles. The van der Waals surface area contributed by atoms with Crippen molar-refractivity contribution in [3.05, 3.63) is 71.8 Å². The number of nitrogens with zero attached hydrogens (tertiary/aromatic N) is 3. The van der Waals surface area contributed by atoms with E-state index in [1.807, 2.05) is 36.4 Å². The van der Waals surface area contributed by atoms with Gasteiger partial charge in [-0.15, -0.1) is 0 Å². The van der Waals surface area contributed by atoms with E-state index >= 15 is 0 Å². The molecule has 0 aromatic heterocycles. The van der Waals surface area contributed by atoms with Gasteiger partial charge >= 0.3 is 6.03 Å². The topological polar surface area (TPSA) is 73.0 Å². The third kappa shape index (κ3) is 4.25. The number of urea groups is 1. The van der Waals surface area contributed by atoms with Crippen molar-refractivity contribution in [1.82, 2.24) is 20.0 Å². The second-order valence-electron chi connectivity index (χ2n) is 9.36. The van der Waals surface area contributed by atoms with Gasteiger partial charge in [-0.3, -0.25) is 19.4 Å². The molecule has 2 aromatic carbocycles. The molecular weight excluding hydrogens is 416 g/mol. The molecule has 172 valence electrons. The maximum atomic E-state index is 13.5. The fourth-order valence-electron chi connectivity index (χ4n) is 5.36. The van der Waals surface area contributed by atoms with E-state index in [1.165, 1.54) is 10.5 Å². The van der Waals surface area contributed by atoms with Crippen molar-refractivity contribution in [2.24, 2.45) is 0 Å². The molecule has 4 amide bonds. The molecule has 1 N–H and O–H groups in total. The molecule has 0 radical (unpaired) electrons. The fraction of sp³-hybridized carbons (Fsp3) is 0.423. The standard InChI is InChI=1S/C26H30N4O3/c31-23(21-10-5-2-6-11-21)29-15-7-12-22(19-29)30-24(32)26(27-25(30)33)13-16-28(17-14-26)18-20-8-3-1-4-9-20/h1-6,8-11,22H,7,12-19H2,(H,27,33)/t22-/m0/s1. The van der Waals surface area contributed by atoms with E-state index in [0.29, 0.717) is 31.5 Å². The molecule has 3 fully saturated rings. The van der Waals surface area contributed by atoms with Crippen LogP contribution in [0.15, 0.2) is 60.7 Å². The summed E-state index contributed by atoms with van der Waals surface area (Å²) in [6.45, 7) is 3.41. The smallest absolute Gasteiger partial charge is 0.325 e. The zero-order valence-corrected chi connectivity index (χ0v) is 18.8. The number of nitrogens with one attached hydrogen (secondary N) is 1. The second kappa shape index (κ2) is 8.98. The van der Waals surface area contributed by atoms with E-state index in [1.54, 1.807) is 17.0 Å². The Kier molecular flexibility index (Phi) is 5.89. The van der Waals surface area contributed by atoms with E-state index in [4.69, 9.17) is 0 Å². The molecule has 1 spiro atoms. The first kappa shape index (κ1) is 21.6. The summed E-state index contributed by atoms with van der Waals surface area (Å²) in [7, 11) is 0. The van der Waals surface area contributed by atoms with Crippen molar-refractivity contribution in [2.75, 3.05) is 26.2 Å². The van der Waals surface area contributed by atoms with Crippen LogP contribution in [0, 0.1) is 0 Å².